The maximum absolute atomic E-state index is 15.1. The molecule has 36 heavy (non-hydrogen) atoms. The molecule has 10 heteroatoms. The number of nitrogens with two attached hydrogens (primary N) is 1. The highest BCUT2D eigenvalue weighted by Crippen LogP contribution is 2.34. The van der Waals surface area contributed by atoms with E-state index in [1.54, 1.807) is 25.4 Å². The second kappa shape index (κ2) is 11.4. The molecule has 2 aromatic carbocycles. The van der Waals surface area contributed by atoms with Crippen LogP contribution in [0.15, 0.2) is 47.1 Å². The van der Waals surface area contributed by atoms with E-state index in [1.807, 2.05) is 0 Å². The number of halogens is 3. The van der Waals surface area contributed by atoms with Gasteiger partial charge in [-0.25, -0.2) is 18.7 Å². The van der Waals surface area contributed by atoms with Crippen molar-refractivity contribution in [3.8, 4) is 11.3 Å². The zero-order valence-electron chi connectivity index (χ0n) is 19.8. The van der Waals surface area contributed by atoms with Gasteiger partial charge in [-0.1, -0.05) is 22.0 Å². The fraction of sp³-hybridized carbons (Fsp3) is 0.346. The second-order valence-corrected chi connectivity index (χ2v) is 9.93. The number of anilines is 1. The molecule has 4 rings (SSSR count). The average Bonchev–Trinajstić information content (AvgIpc) is 2.84. The van der Waals surface area contributed by atoms with Crippen LogP contribution in [0, 0.1) is 11.6 Å². The monoisotopic (exact) mass is 559 g/mol. The summed E-state index contributed by atoms with van der Waals surface area (Å²) in [5.41, 5.74) is 7.95. The first kappa shape index (κ1) is 26.1. The van der Waals surface area contributed by atoms with Gasteiger partial charge in [-0.15, -0.1) is 0 Å². The number of nitrogens with zero attached hydrogens (tertiary/aromatic N) is 2. The molecule has 1 aromatic heterocycles. The van der Waals surface area contributed by atoms with Gasteiger partial charge in [0.2, 0.25) is 0 Å². The molecule has 190 valence electrons. The molecule has 1 saturated carbocycles. The number of aromatic nitrogens is 2. The summed E-state index contributed by atoms with van der Waals surface area (Å²) in [6, 6.07) is 7.94. The minimum absolute atomic E-state index is 0.153. The van der Waals surface area contributed by atoms with E-state index in [4.69, 9.17) is 5.73 Å². The number of aliphatic hydroxyl groups excluding tert-OH is 1. The van der Waals surface area contributed by atoms with Crippen LogP contribution >= 0.6 is 15.9 Å². The molecule has 1 aliphatic rings. The van der Waals surface area contributed by atoms with Gasteiger partial charge in [-0.2, -0.15) is 0 Å². The minimum atomic E-state index is -0.735. The highest BCUT2D eigenvalue weighted by molar-refractivity contribution is 9.10. The Kier molecular flexibility index (Phi) is 8.28. The Morgan fingerprint density at radius 1 is 1.19 bits per heavy atom. The van der Waals surface area contributed by atoms with E-state index in [1.165, 1.54) is 24.3 Å². The second-order valence-electron chi connectivity index (χ2n) is 9.02. The van der Waals surface area contributed by atoms with Crippen molar-refractivity contribution in [3.63, 3.8) is 0 Å². The number of hydrogen-bond acceptors (Lipinski definition) is 6. The quantitative estimate of drug-likeness (QED) is 0.339. The summed E-state index contributed by atoms with van der Waals surface area (Å²) in [6.07, 6.45) is 4.33. The van der Waals surface area contributed by atoms with E-state index in [9.17, 15) is 14.3 Å². The molecule has 0 spiro atoms. The third-order valence-electron chi connectivity index (χ3n) is 6.42. The van der Waals surface area contributed by atoms with Crippen LogP contribution in [0.25, 0.3) is 11.3 Å². The molecule has 1 aliphatic carbocycles. The summed E-state index contributed by atoms with van der Waals surface area (Å²) in [7, 11) is 1.71. The van der Waals surface area contributed by atoms with Crippen LogP contribution in [0.4, 0.5) is 14.6 Å². The average molecular weight is 560 g/mol. The van der Waals surface area contributed by atoms with Crippen LogP contribution in [0.5, 0.6) is 0 Å². The Bertz CT molecular complexity index is 1230. The summed E-state index contributed by atoms with van der Waals surface area (Å²) in [6.45, 7) is 0.318. The van der Waals surface area contributed by atoms with E-state index in [0.29, 0.717) is 40.7 Å². The summed E-state index contributed by atoms with van der Waals surface area (Å²) in [5.74, 6) is -1.50. The SMILES string of the molecule is CNC[C@@H](NC(=O)c1ccc(-c2nc([C@H]3CC[C@H](O)CC3)cnc2N)cc1F)c1cc(F)cc(Br)c1. The lowest BCUT2D eigenvalue weighted by atomic mass is 9.85. The molecule has 0 radical (unpaired) electrons. The summed E-state index contributed by atoms with van der Waals surface area (Å²) in [5, 5.41) is 15.5. The number of hydrogen-bond donors (Lipinski definition) is 4. The van der Waals surface area contributed by atoms with E-state index < -0.39 is 23.6 Å². The number of carbonyl (C=O) groups excluding carboxylic acids is 1. The summed E-state index contributed by atoms with van der Waals surface area (Å²) in [4.78, 5) is 21.8. The van der Waals surface area contributed by atoms with E-state index in [2.05, 4.69) is 36.5 Å². The molecule has 3 aromatic rings. The predicted octanol–water partition coefficient (Wildman–Crippen LogP) is 4.48. The van der Waals surface area contributed by atoms with Crippen LogP contribution in [0.3, 0.4) is 0 Å². The number of nitrogen functional groups attached to an aromatic ring is 1. The first-order valence-corrected chi connectivity index (χ1v) is 12.6. The van der Waals surface area contributed by atoms with Gasteiger partial charge in [-0.05, 0) is 68.6 Å². The molecule has 1 fully saturated rings. The third kappa shape index (κ3) is 6.05. The molecule has 5 N–H and O–H groups in total. The zero-order valence-corrected chi connectivity index (χ0v) is 21.4. The van der Waals surface area contributed by atoms with Gasteiger partial charge in [-0.3, -0.25) is 4.79 Å². The molecule has 1 heterocycles. The number of likely N-dealkylation sites (N-methyl/N-ethyl adjacent to an activating group) is 1. The van der Waals surface area contributed by atoms with Crippen LogP contribution < -0.4 is 16.4 Å². The number of amides is 1. The molecule has 0 aliphatic heterocycles. The highest BCUT2D eigenvalue weighted by Gasteiger charge is 2.24. The van der Waals surface area contributed by atoms with Crippen LogP contribution in [0.1, 0.15) is 59.3 Å². The summed E-state index contributed by atoms with van der Waals surface area (Å²) < 4.78 is 29.6. The van der Waals surface area contributed by atoms with Gasteiger partial charge in [0.25, 0.3) is 5.91 Å². The van der Waals surface area contributed by atoms with Crippen molar-refractivity contribution in [3.05, 3.63) is 75.5 Å². The molecule has 1 amide bonds. The Hall–Kier alpha value is -2.95. The minimum Gasteiger partial charge on any atom is -0.393 e. The van der Waals surface area contributed by atoms with Gasteiger partial charge in [0.05, 0.1) is 29.6 Å². The number of nitrogens with one attached hydrogen (secondary N) is 2. The highest BCUT2D eigenvalue weighted by atomic mass is 79.9. The smallest absolute Gasteiger partial charge is 0.254 e. The van der Waals surface area contributed by atoms with E-state index in [-0.39, 0.29) is 23.4 Å². The number of benzene rings is 2. The Balaban J connectivity index is 1.56. The third-order valence-corrected chi connectivity index (χ3v) is 6.88. The number of aliphatic hydroxyl groups is 1. The van der Waals surface area contributed by atoms with Gasteiger partial charge >= 0.3 is 0 Å². The Labute approximate surface area is 216 Å². The standard InChI is InChI=1S/C26H28BrF2N5O2/c1-31-12-22(16-8-17(27)11-18(28)9-16)34-26(36)20-7-4-15(10-21(20)29)24-25(30)32-13-23(33-24)14-2-5-19(35)6-3-14/h4,7-11,13-14,19,22,31,35H,2-3,5-6,12H2,1H3,(H2,30,32)(H,34,36)/t14-,19-,22-/m1/s1. The molecule has 7 nitrogen and oxygen atoms in total. The van der Waals surface area contributed by atoms with Gasteiger partial charge in [0.1, 0.15) is 23.1 Å². The van der Waals surface area contributed by atoms with Crippen molar-refractivity contribution in [2.75, 3.05) is 19.3 Å². The van der Waals surface area contributed by atoms with Crippen molar-refractivity contribution in [2.24, 2.45) is 0 Å². The Morgan fingerprint density at radius 2 is 1.94 bits per heavy atom. The van der Waals surface area contributed by atoms with Gasteiger partial charge < -0.3 is 21.5 Å². The fourth-order valence-corrected chi connectivity index (χ4v) is 4.99. The molecule has 0 unspecified atom stereocenters. The number of rotatable bonds is 7. The van der Waals surface area contributed by atoms with Crippen LogP contribution in [-0.2, 0) is 0 Å². The van der Waals surface area contributed by atoms with E-state index >= 15 is 4.39 Å². The van der Waals surface area contributed by atoms with Crippen LogP contribution in [0.2, 0.25) is 0 Å². The van der Waals surface area contributed by atoms with E-state index in [0.717, 1.165) is 18.5 Å². The van der Waals surface area contributed by atoms with Crippen molar-refractivity contribution in [1.29, 1.82) is 0 Å². The molecular formula is C26H28BrF2N5O2. The lowest BCUT2D eigenvalue weighted by Crippen LogP contribution is -2.35. The van der Waals surface area contributed by atoms with Crippen molar-refractivity contribution >= 4 is 27.7 Å². The van der Waals surface area contributed by atoms with Crippen molar-refractivity contribution < 1.29 is 18.7 Å². The lowest BCUT2D eigenvalue weighted by Gasteiger charge is -2.25. The maximum Gasteiger partial charge on any atom is 0.254 e. The summed E-state index contributed by atoms with van der Waals surface area (Å²) >= 11 is 3.26. The topological polar surface area (TPSA) is 113 Å². The van der Waals surface area contributed by atoms with Crippen molar-refractivity contribution in [2.45, 2.75) is 43.7 Å². The fourth-order valence-electron chi connectivity index (χ4n) is 4.51. The molecule has 0 saturated heterocycles. The Morgan fingerprint density at radius 3 is 2.61 bits per heavy atom. The molecule has 1 atom stereocenters. The molecular weight excluding hydrogens is 532 g/mol. The maximum atomic E-state index is 15.1. The lowest BCUT2D eigenvalue weighted by molar-refractivity contribution is 0.0932. The molecule has 0 bridgehead atoms. The number of carbonyl (C=O) groups is 1. The van der Waals surface area contributed by atoms with Crippen LogP contribution in [-0.4, -0.2) is 40.7 Å². The normalized spacial score (nSPS) is 18.6. The first-order valence-electron chi connectivity index (χ1n) is 11.8. The van der Waals surface area contributed by atoms with Gasteiger partial charge in [0, 0.05) is 22.5 Å². The van der Waals surface area contributed by atoms with Crippen molar-refractivity contribution in [1.82, 2.24) is 20.6 Å². The van der Waals surface area contributed by atoms with Gasteiger partial charge in [0.15, 0.2) is 0 Å². The largest absolute Gasteiger partial charge is 0.393 e. The zero-order chi connectivity index (χ0) is 25.8. The first-order chi connectivity index (χ1) is 17.2. The predicted molar refractivity (Wildman–Crippen MR) is 137 cm³/mol.